The zero-order chi connectivity index (χ0) is 16.5. The van der Waals surface area contributed by atoms with Crippen LogP contribution in [0.4, 0.5) is 4.39 Å². The lowest BCUT2D eigenvalue weighted by Crippen LogP contribution is -2.42. The molecule has 0 aliphatic rings. The van der Waals surface area contributed by atoms with Crippen LogP contribution in [0.1, 0.15) is 12.0 Å². The van der Waals surface area contributed by atoms with Crippen molar-refractivity contribution in [2.45, 2.75) is 23.8 Å². The molecule has 0 spiro atoms. The molecule has 122 valence electrons. The Morgan fingerprint density at radius 2 is 1.83 bits per heavy atom. The van der Waals surface area contributed by atoms with Gasteiger partial charge < -0.3 is 11.1 Å². The van der Waals surface area contributed by atoms with E-state index in [1.807, 2.05) is 30.3 Å². The number of benzene rings is 2. The van der Waals surface area contributed by atoms with Gasteiger partial charge in [-0.15, -0.1) is 11.8 Å². The Kier molecular flexibility index (Phi) is 7.10. The summed E-state index contributed by atoms with van der Waals surface area (Å²) in [6.07, 6.45) is 1.38. The number of amides is 1. The average molecular weight is 332 g/mol. The quantitative estimate of drug-likeness (QED) is 0.577. The van der Waals surface area contributed by atoms with E-state index in [1.165, 1.54) is 12.1 Å². The first kappa shape index (κ1) is 17.5. The normalized spacial score (nSPS) is 11.9. The Hall–Kier alpha value is -1.85. The molecule has 23 heavy (non-hydrogen) atoms. The molecule has 0 radical (unpaired) electrons. The molecule has 2 aromatic carbocycles. The fourth-order valence-corrected chi connectivity index (χ4v) is 2.95. The van der Waals surface area contributed by atoms with Crippen LogP contribution in [0.25, 0.3) is 0 Å². The Morgan fingerprint density at radius 3 is 2.52 bits per heavy atom. The highest BCUT2D eigenvalue weighted by atomic mass is 32.2. The number of rotatable bonds is 8. The summed E-state index contributed by atoms with van der Waals surface area (Å²) in [7, 11) is 0. The highest BCUT2D eigenvalue weighted by Crippen LogP contribution is 2.18. The van der Waals surface area contributed by atoms with Gasteiger partial charge in [0, 0.05) is 11.4 Å². The van der Waals surface area contributed by atoms with Crippen LogP contribution in [0.15, 0.2) is 59.5 Å². The molecule has 5 heteroatoms. The van der Waals surface area contributed by atoms with E-state index >= 15 is 0 Å². The van der Waals surface area contributed by atoms with Gasteiger partial charge in [0.1, 0.15) is 5.82 Å². The maximum Gasteiger partial charge on any atom is 0.237 e. The lowest BCUT2D eigenvalue weighted by Gasteiger charge is -2.12. The topological polar surface area (TPSA) is 55.1 Å². The smallest absolute Gasteiger partial charge is 0.237 e. The third-order valence-electron chi connectivity index (χ3n) is 3.34. The Labute approximate surface area is 140 Å². The molecule has 1 atom stereocenters. The van der Waals surface area contributed by atoms with Crippen molar-refractivity contribution in [3.63, 3.8) is 0 Å². The number of nitrogens with one attached hydrogen (secondary N) is 1. The minimum atomic E-state index is -0.526. The van der Waals surface area contributed by atoms with Gasteiger partial charge >= 0.3 is 0 Å². The van der Waals surface area contributed by atoms with Crippen molar-refractivity contribution < 1.29 is 9.18 Å². The van der Waals surface area contributed by atoms with Crippen molar-refractivity contribution in [1.29, 1.82) is 0 Å². The van der Waals surface area contributed by atoms with Crippen molar-refractivity contribution >= 4 is 17.7 Å². The van der Waals surface area contributed by atoms with E-state index in [2.05, 4.69) is 5.32 Å². The van der Waals surface area contributed by atoms with Gasteiger partial charge in [-0.25, -0.2) is 4.39 Å². The van der Waals surface area contributed by atoms with Crippen LogP contribution in [-0.2, 0) is 11.2 Å². The molecule has 0 bridgehead atoms. The van der Waals surface area contributed by atoms with E-state index in [-0.39, 0.29) is 11.7 Å². The Morgan fingerprint density at radius 1 is 1.13 bits per heavy atom. The zero-order valence-corrected chi connectivity index (χ0v) is 13.7. The van der Waals surface area contributed by atoms with Crippen LogP contribution < -0.4 is 11.1 Å². The molecule has 0 saturated carbocycles. The molecule has 0 aliphatic carbocycles. The van der Waals surface area contributed by atoms with Gasteiger partial charge in [0.05, 0.1) is 6.04 Å². The highest BCUT2D eigenvalue weighted by Gasteiger charge is 2.13. The summed E-state index contributed by atoms with van der Waals surface area (Å²) in [5.41, 5.74) is 6.97. The van der Waals surface area contributed by atoms with Gasteiger partial charge in [0.15, 0.2) is 0 Å². The number of hydrogen-bond donors (Lipinski definition) is 2. The molecular weight excluding hydrogens is 311 g/mol. The molecule has 0 aliphatic heterocycles. The Balaban J connectivity index is 1.61. The van der Waals surface area contributed by atoms with Gasteiger partial charge in [-0.1, -0.05) is 30.3 Å². The van der Waals surface area contributed by atoms with E-state index in [9.17, 15) is 9.18 Å². The summed E-state index contributed by atoms with van der Waals surface area (Å²) >= 11 is 1.64. The molecular formula is C18H21FN2OS. The second-order valence-electron chi connectivity index (χ2n) is 5.24. The van der Waals surface area contributed by atoms with Crippen molar-refractivity contribution in [3.05, 3.63) is 66.0 Å². The van der Waals surface area contributed by atoms with Crippen molar-refractivity contribution in [2.24, 2.45) is 5.73 Å². The molecule has 1 unspecified atom stereocenters. The molecule has 2 aromatic rings. The second-order valence-corrected chi connectivity index (χ2v) is 6.41. The summed E-state index contributed by atoms with van der Waals surface area (Å²) in [4.78, 5) is 13.0. The third kappa shape index (κ3) is 6.42. The van der Waals surface area contributed by atoms with E-state index in [1.54, 1.807) is 23.9 Å². The standard InChI is InChI=1S/C18H21FN2OS/c19-15-7-9-16(10-8-15)23-12-4-11-21-18(22)17(20)13-14-5-2-1-3-6-14/h1-3,5-10,17H,4,11-13,20H2,(H,21,22). The summed E-state index contributed by atoms with van der Waals surface area (Å²) in [6.45, 7) is 0.593. The predicted molar refractivity (Wildman–Crippen MR) is 92.9 cm³/mol. The molecule has 0 aromatic heterocycles. The number of nitrogens with two attached hydrogens (primary N) is 1. The first-order valence-corrected chi connectivity index (χ1v) is 8.59. The van der Waals surface area contributed by atoms with Crippen LogP contribution in [0.5, 0.6) is 0 Å². The predicted octanol–water partition coefficient (Wildman–Crippen LogP) is 2.99. The first-order valence-electron chi connectivity index (χ1n) is 7.61. The largest absolute Gasteiger partial charge is 0.355 e. The highest BCUT2D eigenvalue weighted by molar-refractivity contribution is 7.99. The number of carbonyl (C=O) groups is 1. The maximum absolute atomic E-state index is 12.8. The lowest BCUT2D eigenvalue weighted by molar-refractivity contribution is -0.122. The van der Waals surface area contributed by atoms with Gasteiger partial charge in [-0.2, -0.15) is 0 Å². The van der Waals surface area contributed by atoms with Gasteiger partial charge in [-0.05, 0) is 48.4 Å². The van der Waals surface area contributed by atoms with Crippen LogP contribution >= 0.6 is 11.8 Å². The second kappa shape index (κ2) is 9.33. The minimum Gasteiger partial charge on any atom is -0.355 e. The summed E-state index contributed by atoms with van der Waals surface area (Å²) in [5, 5.41) is 2.86. The SMILES string of the molecule is NC(Cc1ccccc1)C(=O)NCCCSc1ccc(F)cc1. The van der Waals surface area contributed by atoms with E-state index < -0.39 is 6.04 Å². The van der Waals surface area contributed by atoms with Crippen molar-refractivity contribution in [1.82, 2.24) is 5.32 Å². The molecule has 3 nitrogen and oxygen atoms in total. The third-order valence-corrected chi connectivity index (χ3v) is 4.44. The molecule has 0 heterocycles. The number of hydrogen-bond acceptors (Lipinski definition) is 3. The Bertz CT molecular complexity index is 604. The van der Waals surface area contributed by atoms with Crippen LogP contribution in [0, 0.1) is 5.82 Å². The first-order chi connectivity index (χ1) is 11.1. The van der Waals surface area contributed by atoms with Gasteiger partial charge in [0.2, 0.25) is 5.91 Å². The molecule has 1 amide bonds. The summed E-state index contributed by atoms with van der Waals surface area (Å²) in [5.74, 6) is 0.509. The fourth-order valence-electron chi connectivity index (χ4n) is 2.10. The fraction of sp³-hybridized carbons (Fsp3) is 0.278. The monoisotopic (exact) mass is 332 g/mol. The lowest BCUT2D eigenvalue weighted by atomic mass is 10.1. The molecule has 2 rings (SSSR count). The number of thioether (sulfide) groups is 1. The van der Waals surface area contributed by atoms with Gasteiger partial charge in [-0.3, -0.25) is 4.79 Å². The number of carbonyl (C=O) groups excluding carboxylic acids is 1. The van der Waals surface area contributed by atoms with Gasteiger partial charge in [0.25, 0.3) is 0 Å². The number of halogens is 1. The van der Waals surface area contributed by atoms with Crippen molar-refractivity contribution in [2.75, 3.05) is 12.3 Å². The molecule has 0 saturated heterocycles. The van der Waals surface area contributed by atoms with E-state index in [4.69, 9.17) is 5.73 Å². The van der Waals surface area contributed by atoms with Crippen molar-refractivity contribution in [3.8, 4) is 0 Å². The average Bonchev–Trinajstić information content (AvgIpc) is 2.57. The maximum atomic E-state index is 12.8. The van der Waals surface area contributed by atoms with E-state index in [0.717, 1.165) is 22.6 Å². The summed E-state index contributed by atoms with van der Waals surface area (Å²) < 4.78 is 12.8. The van der Waals surface area contributed by atoms with Crippen LogP contribution in [-0.4, -0.2) is 24.2 Å². The van der Waals surface area contributed by atoms with E-state index in [0.29, 0.717) is 13.0 Å². The molecule has 0 fully saturated rings. The summed E-state index contributed by atoms with van der Waals surface area (Å²) in [6, 6.07) is 15.6. The van der Waals surface area contributed by atoms with Crippen LogP contribution in [0.3, 0.4) is 0 Å². The zero-order valence-electron chi connectivity index (χ0n) is 12.9. The van der Waals surface area contributed by atoms with Crippen LogP contribution in [0.2, 0.25) is 0 Å². The minimum absolute atomic E-state index is 0.124. The molecule has 3 N–H and O–H groups in total.